The minimum absolute atomic E-state index is 0.253. The monoisotopic (exact) mass is 270 g/mol. The van der Waals surface area contributed by atoms with Gasteiger partial charge in [-0.25, -0.2) is 9.67 Å². The fourth-order valence-electron chi connectivity index (χ4n) is 1.92. The first-order chi connectivity index (χ1) is 9.19. The summed E-state index contributed by atoms with van der Waals surface area (Å²) in [5.74, 6) is 0.997. The highest BCUT2D eigenvalue weighted by atomic mass is 16.5. The molecule has 0 bridgehead atoms. The molecule has 1 atom stereocenters. The van der Waals surface area contributed by atoms with Crippen molar-refractivity contribution in [3.63, 3.8) is 0 Å². The van der Waals surface area contributed by atoms with Gasteiger partial charge in [0.25, 0.3) is 0 Å². The lowest BCUT2D eigenvalue weighted by Crippen LogP contribution is -2.36. The van der Waals surface area contributed by atoms with Crippen LogP contribution in [0.1, 0.15) is 32.6 Å². The predicted molar refractivity (Wildman–Crippen MR) is 74.3 cm³/mol. The van der Waals surface area contributed by atoms with E-state index in [-0.39, 0.29) is 6.04 Å². The van der Waals surface area contributed by atoms with Crippen LogP contribution in [0.5, 0.6) is 0 Å². The van der Waals surface area contributed by atoms with Crippen LogP contribution < -0.4 is 5.32 Å². The number of hydrogen-bond donors (Lipinski definition) is 1. The Bertz CT molecular complexity index is 341. The molecule has 1 rings (SSSR count). The Kier molecular flexibility index (Phi) is 7.62. The fraction of sp³-hybridized carbons (Fsp3) is 0.846. The molecule has 19 heavy (non-hydrogen) atoms. The van der Waals surface area contributed by atoms with Gasteiger partial charge >= 0.3 is 0 Å². The summed E-state index contributed by atoms with van der Waals surface area (Å²) in [6, 6.07) is 0.581. The van der Waals surface area contributed by atoms with E-state index in [0.29, 0.717) is 25.9 Å². The zero-order valence-corrected chi connectivity index (χ0v) is 12.4. The van der Waals surface area contributed by atoms with E-state index in [1.807, 2.05) is 4.68 Å². The van der Waals surface area contributed by atoms with Crippen LogP contribution >= 0.6 is 0 Å². The molecule has 0 aliphatic heterocycles. The molecule has 0 saturated carbocycles. The molecular formula is C13H26N4O2. The zero-order valence-electron chi connectivity index (χ0n) is 12.4. The summed E-state index contributed by atoms with van der Waals surface area (Å²) in [6.45, 7) is 9.12. The third-order valence-corrected chi connectivity index (χ3v) is 2.81. The third kappa shape index (κ3) is 5.67. The summed E-state index contributed by atoms with van der Waals surface area (Å²) in [5, 5.41) is 7.67. The topological polar surface area (TPSA) is 61.2 Å². The van der Waals surface area contributed by atoms with E-state index in [4.69, 9.17) is 9.47 Å². The van der Waals surface area contributed by atoms with Crippen LogP contribution in [-0.2, 0) is 15.9 Å². The lowest BCUT2D eigenvalue weighted by Gasteiger charge is -2.18. The smallest absolute Gasteiger partial charge is 0.138 e. The molecule has 0 fully saturated rings. The molecule has 6 nitrogen and oxygen atoms in total. The molecule has 1 unspecified atom stereocenters. The van der Waals surface area contributed by atoms with E-state index in [0.717, 1.165) is 18.8 Å². The minimum atomic E-state index is 0.253. The second-order valence-corrected chi connectivity index (χ2v) is 4.74. The van der Waals surface area contributed by atoms with Crippen molar-refractivity contribution in [2.75, 3.05) is 33.5 Å². The van der Waals surface area contributed by atoms with Gasteiger partial charge in [-0.15, -0.1) is 0 Å². The highest BCUT2D eigenvalue weighted by Gasteiger charge is 2.14. The number of methoxy groups -OCH3 is 1. The Hall–Kier alpha value is -0.980. The van der Waals surface area contributed by atoms with Gasteiger partial charge in [-0.05, 0) is 20.4 Å². The average Bonchev–Trinajstić information content (AvgIpc) is 2.83. The van der Waals surface area contributed by atoms with E-state index in [1.54, 1.807) is 13.4 Å². The molecular weight excluding hydrogens is 244 g/mol. The molecule has 0 radical (unpaired) electrons. The number of likely N-dealkylation sites (N-methyl/N-ethyl adjacent to an activating group) is 1. The van der Waals surface area contributed by atoms with Crippen LogP contribution in [0.15, 0.2) is 6.33 Å². The zero-order chi connectivity index (χ0) is 14.1. The van der Waals surface area contributed by atoms with Crippen molar-refractivity contribution in [2.45, 2.75) is 39.3 Å². The van der Waals surface area contributed by atoms with Crippen molar-refractivity contribution in [1.82, 2.24) is 20.1 Å². The second kappa shape index (κ2) is 9.01. The van der Waals surface area contributed by atoms with Crippen molar-refractivity contribution in [2.24, 2.45) is 0 Å². The number of aromatic nitrogens is 3. The van der Waals surface area contributed by atoms with Crippen molar-refractivity contribution >= 4 is 0 Å². The van der Waals surface area contributed by atoms with Crippen LogP contribution in [0.25, 0.3) is 0 Å². The van der Waals surface area contributed by atoms with E-state index in [1.165, 1.54) is 0 Å². The van der Waals surface area contributed by atoms with Crippen LogP contribution in [0, 0.1) is 0 Å². The maximum Gasteiger partial charge on any atom is 0.138 e. The number of hydrogen-bond acceptors (Lipinski definition) is 5. The molecule has 6 heteroatoms. The SMILES string of the molecule is CCNC(COCCOC)Cc1ncnn1C(C)C. The summed E-state index contributed by atoms with van der Waals surface area (Å²) in [5.41, 5.74) is 0. The van der Waals surface area contributed by atoms with Crippen molar-refractivity contribution in [3.05, 3.63) is 12.2 Å². The van der Waals surface area contributed by atoms with Crippen LogP contribution in [0.4, 0.5) is 0 Å². The predicted octanol–water partition coefficient (Wildman–Crippen LogP) is 1.04. The molecule has 0 amide bonds. The van der Waals surface area contributed by atoms with Gasteiger partial charge in [0, 0.05) is 25.6 Å². The van der Waals surface area contributed by atoms with Gasteiger partial charge in [-0.2, -0.15) is 5.10 Å². The molecule has 0 saturated heterocycles. The summed E-state index contributed by atoms with van der Waals surface area (Å²) in [7, 11) is 1.68. The normalized spacial score (nSPS) is 13.1. The molecule has 1 aromatic heterocycles. The maximum atomic E-state index is 5.59. The number of nitrogens with zero attached hydrogens (tertiary/aromatic N) is 3. The molecule has 1 heterocycles. The minimum Gasteiger partial charge on any atom is -0.382 e. The number of nitrogens with one attached hydrogen (secondary N) is 1. The maximum absolute atomic E-state index is 5.59. The number of ether oxygens (including phenoxy) is 2. The van der Waals surface area contributed by atoms with Gasteiger partial charge in [-0.3, -0.25) is 0 Å². The van der Waals surface area contributed by atoms with Gasteiger partial charge in [0.05, 0.1) is 19.8 Å². The number of rotatable bonds is 10. The Labute approximate surface area is 115 Å². The van der Waals surface area contributed by atoms with Gasteiger partial charge < -0.3 is 14.8 Å². The van der Waals surface area contributed by atoms with Crippen LogP contribution in [-0.4, -0.2) is 54.3 Å². The first-order valence-electron chi connectivity index (χ1n) is 6.87. The summed E-state index contributed by atoms with van der Waals surface area (Å²) in [4.78, 5) is 4.34. The Morgan fingerprint density at radius 3 is 2.79 bits per heavy atom. The average molecular weight is 270 g/mol. The van der Waals surface area contributed by atoms with Crippen LogP contribution in [0.3, 0.4) is 0 Å². The van der Waals surface area contributed by atoms with Crippen molar-refractivity contribution < 1.29 is 9.47 Å². The Morgan fingerprint density at radius 2 is 2.16 bits per heavy atom. The van der Waals surface area contributed by atoms with E-state index < -0.39 is 0 Å². The summed E-state index contributed by atoms with van der Waals surface area (Å²) in [6.07, 6.45) is 2.43. The van der Waals surface area contributed by atoms with Gasteiger partial charge in [0.15, 0.2) is 0 Å². The van der Waals surface area contributed by atoms with E-state index in [2.05, 4.69) is 36.2 Å². The molecule has 1 N–H and O–H groups in total. The molecule has 0 aliphatic carbocycles. The van der Waals surface area contributed by atoms with Gasteiger partial charge in [0.1, 0.15) is 12.2 Å². The Morgan fingerprint density at radius 1 is 1.37 bits per heavy atom. The molecule has 0 aliphatic rings. The largest absolute Gasteiger partial charge is 0.382 e. The Balaban J connectivity index is 2.49. The highest BCUT2D eigenvalue weighted by Crippen LogP contribution is 2.07. The first kappa shape index (κ1) is 16.1. The standard InChI is InChI=1S/C13H26N4O2/c1-5-14-12(9-19-7-6-18-4)8-13-15-10-16-17(13)11(2)3/h10-12,14H,5-9H2,1-4H3. The van der Waals surface area contributed by atoms with Crippen molar-refractivity contribution in [1.29, 1.82) is 0 Å². The van der Waals surface area contributed by atoms with E-state index in [9.17, 15) is 0 Å². The molecule has 110 valence electrons. The van der Waals surface area contributed by atoms with Crippen molar-refractivity contribution in [3.8, 4) is 0 Å². The molecule has 0 spiro atoms. The summed E-state index contributed by atoms with van der Waals surface area (Å²) >= 11 is 0. The van der Waals surface area contributed by atoms with E-state index >= 15 is 0 Å². The lowest BCUT2D eigenvalue weighted by atomic mass is 10.2. The van der Waals surface area contributed by atoms with Gasteiger partial charge in [-0.1, -0.05) is 6.92 Å². The molecule has 0 aromatic carbocycles. The highest BCUT2D eigenvalue weighted by molar-refractivity contribution is 4.91. The van der Waals surface area contributed by atoms with Crippen LogP contribution in [0.2, 0.25) is 0 Å². The van der Waals surface area contributed by atoms with Gasteiger partial charge in [0.2, 0.25) is 0 Å². The first-order valence-corrected chi connectivity index (χ1v) is 6.87. The quantitative estimate of drug-likeness (QED) is 0.644. The third-order valence-electron chi connectivity index (χ3n) is 2.81. The molecule has 1 aromatic rings. The summed E-state index contributed by atoms with van der Waals surface area (Å²) < 4.78 is 12.5. The lowest BCUT2D eigenvalue weighted by molar-refractivity contribution is 0.0585. The fourth-order valence-corrected chi connectivity index (χ4v) is 1.92. The second-order valence-electron chi connectivity index (χ2n) is 4.74.